The van der Waals surface area contributed by atoms with Crippen molar-refractivity contribution in [2.75, 3.05) is 25.1 Å². The van der Waals surface area contributed by atoms with Gasteiger partial charge in [-0.25, -0.2) is 4.79 Å². The molecule has 2 aromatic carbocycles. The number of nitrogens with one attached hydrogen (secondary N) is 1. The van der Waals surface area contributed by atoms with Gasteiger partial charge in [-0.3, -0.25) is 10.00 Å². The average molecular weight is 397 g/mol. The molecular weight excluding hydrogens is 376 g/mol. The molecular formula is C21H21ClN4O2. The van der Waals surface area contributed by atoms with Crippen molar-refractivity contribution in [3.63, 3.8) is 0 Å². The Kier molecular flexibility index (Phi) is 5.21. The van der Waals surface area contributed by atoms with Crippen molar-refractivity contribution in [3.8, 4) is 16.9 Å². The lowest BCUT2D eigenvalue weighted by molar-refractivity contribution is 0.192. The lowest BCUT2D eigenvalue weighted by Gasteiger charge is -2.36. The molecule has 2 heterocycles. The molecule has 1 aromatic heterocycles. The van der Waals surface area contributed by atoms with Crippen molar-refractivity contribution in [2.45, 2.75) is 13.0 Å². The fourth-order valence-electron chi connectivity index (χ4n) is 3.48. The number of rotatable bonds is 5. The fraction of sp³-hybridized carbons (Fsp3) is 0.238. The van der Waals surface area contributed by atoms with Gasteiger partial charge in [-0.05, 0) is 30.2 Å². The van der Waals surface area contributed by atoms with Crippen LogP contribution in [0, 0.1) is 0 Å². The highest BCUT2D eigenvalue weighted by Gasteiger charge is 2.28. The normalized spacial score (nSPS) is 14.4. The number of ether oxygens (including phenoxy) is 1. The maximum Gasteiger partial charge on any atom is 0.324 e. The predicted molar refractivity (Wildman–Crippen MR) is 110 cm³/mol. The number of carbonyl (C=O) groups is 1. The Balaban J connectivity index is 1.58. The number of urea groups is 1. The number of hydrogen-bond donors (Lipinski definition) is 1. The summed E-state index contributed by atoms with van der Waals surface area (Å²) in [6, 6.07) is 13.4. The second-order valence-corrected chi connectivity index (χ2v) is 7.08. The Hall–Kier alpha value is -2.99. The van der Waals surface area contributed by atoms with E-state index in [-0.39, 0.29) is 6.03 Å². The summed E-state index contributed by atoms with van der Waals surface area (Å²) in [6.07, 6.45) is 4.45. The highest BCUT2D eigenvalue weighted by atomic mass is 35.5. The van der Waals surface area contributed by atoms with Gasteiger partial charge in [-0.1, -0.05) is 29.8 Å². The molecule has 0 atom stereocenters. The van der Waals surface area contributed by atoms with Gasteiger partial charge in [-0.2, -0.15) is 5.10 Å². The maximum atomic E-state index is 13.1. The van der Waals surface area contributed by atoms with Gasteiger partial charge in [0.05, 0.1) is 13.3 Å². The number of halogens is 1. The van der Waals surface area contributed by atoms with Crippen molar-refractivity contribution in [1.82, 2.24) is 15.1 Å². The molecule has 0 spiro atoms. The third kappa shape index (κ3) is 3.55. The van der Waals surface area contributed by atoms with Crippen molar-refractivity contribution in [1.29, 1.82) is 0 Å². The Labute approximate surface area is 168 Å². The molecule has 0 radical (unpaired) electrons. The van der Waals surface area contributed by atoms with Crippen LogP contribution in [0.2, 0.25) is 5.02 Å². The molecule has 7 heteroatoms. The Bertz CT molecular complexity index is 974. The smallest absolute Gasteiger partial charge is 0.324 e. The summed E-state index contributed by atoms with van der Waals surface area (Å²) in [6.45, 7) is 1.89. The second-order valence-electron chi connectivity index (χ2n) is 6.67. The van der Waals surface area contributed by atoms with Gasteiger partial charge in [0.15, 0.2) is 0 Å². The van der Waals surface area contributed by atoms with Crippen LogP contribution >= 0.6 is 11.6 Å². The van der Waals surface area contributed by atoms with Gasteiger partial charge in [-0.15, -0.1) is 0 Å². The van der Waals surface area contributed by atoms with Crippen LogP contribution < -0.4 is 9.64 Å². The van der Waals surface area contributed by atoms with Crippen LogP contribution in [0.4, 0.5) is 10.5 Å². The van der Waals surface area contributed by atoms with E-state index in [2.05, 4.69) is 10.2 Å². The van der Waals surface area contributed by atoms with Gasteiger partial charge in [0, 0.05) is 53.7 Å². The summed E-state index contributed by atoms with van der Waals surface area (Å²) in [7, 11) is 1.63. The number of nitrogens with zero attached hydrogens (tertiary/aromatic N) is 3. The second kappa shape index (κ2) is 7.94. The number of methoxy groups -OCH3 is 1. The number of aromatic amines is 1. The van der Waals surface area contributed by atoms with E-state index in [1.54, 1.807) is 18.2 Å². The first-order chi connectivity index (χ1) is 13.7. The molecule has 0 aliphatic carbocycles. The van der Waals surface area contributed by atoms with Crippen molar-refractivity contribution >= 4 is 23.3 Å². The lowest BCUT2D eigenvalue weighted by atomic mass is 10.1. The number of aromatic nitrogens is 2. The van der Waals surface area contributed by atoms with Crippen LogP contribution in [0.15, 0.2) is 54.9 Å². The van der Waals surface area contributed by atoms with Crippen LogP contribution in [0.25, 0.3) is 11.1 Å². The van der Waals surface area contributed by atoms with E-state index in [1.165, 1.54) is 0 Å². The Morgan fingerprint density at radius 3 is 2.82 bits per heavy atom. The van der Waals surface area contributed by atoms with Crippen molar-refractivity contribution < 1.29 is 9.53 Å². The van der Waals surface area contributed by atoms with E-state index in [1.807, 2.05) is 53.6 Å². The van der Waals surface area contributed by atoms with Gasteiger partial charge >= 0.3 is 6.03 Å². The third-order valence-corrected chi connectivity index (χ3v) is 5.30. The molecule has 144 valence electrons. The van der Waals surface area contributed by atoms with E-state index in [0.29, 0.717) is 30.4 Å². The zero-order valence-electron chi connectivity index (χ0n) is 15.6. The van der Waals surface area contributed by atoms with Crippen LogP contribution in [-0.4, -0.2) is 41.3 Å². The number of benzene rings is 2. The van der Waals surface area contributed by atoms with Gasteiger partial charge < -0.3 is 9.64 Å². The van der Waals surface area contributed by atoms with Gasteiger partial charge in [0.25, 0.3) is 0 Å². The summed E-state index contributed by atoms with van der Waals surface area (Å²) in [4.78, 5) is 16.7. The van der Waals surface area contributed by atoms with Crippen molar-refractivity contribution in [2.24, 2.45) is 0 Å². The quantitative estimate of drug-likeness (QED) is 0.687. The molecule has 3 aromatic rings. The van der Waals surface area contributed by atoms with Crippen LogP contribution in [-0.2, 0) is 6.54 Å². The van der Waals surface area contributed by atoms with Gasteiger partial charge in [0.2, 0.25) is 0 Å². The molecule has 0 unspecified atom stereocenters. The van der Waals surface area contributed by atoms with Crippen molar-refractivity contribution in [3.05, 3.63) is 65.4 Å². The maximum absolute atomic E-state index is 13.1. The monoisotopic (exact) mass is 396 g/mol. The average Bonchev–Trinajstić information content (AvgIpc) is 3.25. The summed E-state index contributed by atoms with van der Waals surface area (Å²) in [5, 5.41) is 7.48. The largest absolute Gasteiger partial charge is 0.496 e. The number of H-pyrrole nitrogens is 1. The first-order valence-corrected chi connectivity index (χ1v) is 9.52. The van der Waals surface area contributed by atoms with Gasteiger partial charge in [0.1, 0.15) is 5.75 Å². The molecule has 0 bridgehead atoms. The van der Waals surface area contributed by atoms with Crippen LogP contribution in [0.3, 0.4) is 0 Å². The predicted octanol–water partition coefficient (Wildman–Crippen LogP) is 4.57. The number of amides is 2. The first kappa shape index (κ1) is 18.4. The minimum atomic E-state index is -0.0238. The SMILES string of the molecule is COc1cc(N2CCCN(Cc3ccccc3Cl)C2=O)ccc1-c1cn[nH]c1. The number of carbonyl (C=O) groups excluding carboxylic acids is 1. The van der Waals surface area contributed by atoms with Crippen LogP contribution in [0.5, 0.6) is 5.75 Å². The Morgan fingerprint density at radius 1 is 1.21 bits per heavy atom. The van der Waals surface area contributed by atoms with E-state index < -0.39 is 0 Å². The topological polar surface area (TPSA) is 61.5 Å². The molecule has 0 saturated carbocycles. The van der Waals surface area contributed by atoms with E-state index in [0.717, 1.165) is 28.8 Å². The summed E-state index contributed by atoms with van der Waals surface area (Å²) in [5.74, 6) is 0.704. The minimum Gasteiger partial charge on any atom is -0.496 e. The first-order valence-electron chi connectivity index (χ1n) is 9.14. The number of anilines is 1. The van der Waals surface area contributed by atoms with E-state index >= 15 is 0 Å². The molecule has 1 aliphatic rings. The fourth-order valence-corrected chi connectivity index (χ4v) is 3.68. The molecule has 1 fully saturated rings. The molecule has 6 nitrogen and oxygen atoms in total. The van der Waals surface area contributed by atoms with E-state index in [9.17, 15) is 4.79 Å². The highest BCUT2D eigenvalue weighted by molar-refractivity contribution is 6.31. The summed E-state index contributed by atoms with van der Waals surface area (Å²) in [5.41, 5.74) is 3.64. The molecule has 1 aliphatic heterocycles. The standard InChI is InChI=1S/C21H21ClN4O2/c1-28-20-11-17(7-8-18(20)16-12-23-24-13-16)26-10-4-9-25(21(26)27)14-15-5-2-3-6-19(15)22/h2-3,5-8,11-13H,4,9-10,14H2,1H3,(H,23,24). The minimum absolute atomic E-state index is 0.0238. The zero-order chi connectivity index (χ0) is 19.5. The molecule has 28 heavy (non-hydrogen) atoms. The zero-order valence-corrected chi connectivity index (χ0v) is 16.3. The molecule has 2 amide bonds. The molecule has 4 rings (SSSR count). The Morgan fingerprint density at radius 2 is 2.07 bits per heavy atom. The van der Waals surface area contributed by atoms with Crippen LogP contribution in [0.1, 0.15) is 12.0 Å². The van der Waals surface area contributed by atoms with E-state index in [4.69, 9.17) is 16.3 Å². The lowest BCUT2D eigenvalue weighted by Crippen LogP contribution is -2.49. The highest BCUT2D eigenvalue weighted by Crippen LogP contribution is 2.34. The number of hydrogen-bond acceptors (Lipinski definition) is 3. The summed E-state index contributed by atoms with van der Waals surface area (Å²) < 4.78 is 5.56. The molecule has 1 saturated heterocycles. The molecule has 1 N–H and O–H groups in total. The third-order valence-electron chi connectivity index (χ3n) is 4.94. The summed E-state index contributed by atoms with van der Waals surface area (Å²) >= 11 is 6.27.